The Bertz CT molecular complexity index is 549. The molecule has 0 atom stereocenters. The second-order valence-electron chi connectivity index (χ2n) is 4.75. The summed E-state index contributed by atoms with van der Waals surface area (Å²) >= 11 is 0. The maximum atomic E-state index is 4.73. The molecule has 2 N–H and O–H groups in total. The van der Waals surface area contributed by atoms with E-state index in [1.54, 1.807) is 0 Å². The van der Waals surface area contributed by atoms with Crippen molar-refractivity contribution in [2.75, 3.05) is 18.9 Å². The minimum atomic E-state index is 0.788. The van der Waals surface area contributed by atoms with E-state index in [4.69, 9.17) is 4.98 Å². The molecule has 0 saturated carbocycles. The van der Waals surface area contributed by atoms with Crippen LogP contribution in [0.5, 0.6) is 0 Å². The van der Waals surface area contributed by atoms with Gasteiger partial charge in [0.25, 0.3) is 0 Å². The molecule has 1 aromatic carbocycles. The average Bonchev–Trinajstić information content (AvgIpc) is 2.47. The summed E-state index contributed by atoms with van der Waals surface area (Å²) in [5, 5.41) is 6.55. The minimum absolute atomic E-state index is 0.788. The molecule has 98 valence electrons. The summed E-state index contributed by atoms with van der Waals surface area (Å²) in [5.74, 6) is 1.86. The summed E-state index contributed by atoms with van der Waals surface area (Å²) < 4.78 is 0. The monoisotopic (exact) mass is 254 g/mol. The molecule has 0 radical (unpaired) electrons. The van der Waals surface area contributed by atoms with E-state index in [0.717, 1.165) is 37.6 Å². The van der Waals surface area contributed by atoms with Gasteiger partial charge in [-0.25, -0.2) is 9.97 Å². The molecule has 0 saturated heterocycles. The zero-order valence-corrected chi connectivity index (χ0v) is 11.1. The SMILES string of the molecule is CNc1nc(Cc2ccccc2)nc2c1CNCC2. The van der Waals surface area contributed by atoms with Gasteiger partial charge in [0.2, 0.25) is 0 Å². The molecular weight excluding hydrogens is 236 g/mol. The lowest BCUT2D eigenvalue weighted by atomic mass is 10.1. The van der Waals surface area contributed by atoms with E-state index in [9.17, 15) is 0 Å². The highest BCUT2D eigenvalue weighted by molar-refractivity contribution is 5.47. The van der Waals surface area contributed by atoms with Crippen LogP contribution in [-0.2, 0) is 19.4 Å². The fourth-order valence-corrected chi connectivity index (χ4v) is 2.46. The van der Waals surface area contributed by atoms with Crippen molar-refractivity contribution in [2.45, 2.75) is 19.4 Å². The fourth-order valence-electron chi connectivity index (χ4n) is 2.46. The highest BCUT2D eigenvalue weighted by atomic mass is 15.0. The Morgan fingerprint density at radius 1 is 1.21 bits per heavy atom. The normalized spacial score (nSPS) is 13.9. The summed E-state index contributed by atoms with van der Waals surface area (Å²) in [6.45, 7) is 1.86. The third-order valence-corrected chi connectivity index (χ3v) is 3.42. The Kier molecular flexibility index (Phi) is 3.42. The molecule has 19 heavy (non-hydrogen) atoms. The van der Waals surface area contributed by atoms with Crippen LogP contribution in [0.25, 0.3) is 0 Å². The quantitative estimate of drug-likeness (QED) is 0.876. The predicted octanol–water partition coefficient (Wildman–Crippen LogP) is 1.75. The minimum Gasteiger partial charge on any atom is -0.373 e. The van der Waals surface area contributed by atoms with Gasteiger partial charge >= 0.3 is 0 Å². The van der Waals surface area contributed by atoms with E-state index >= 15 is 0 Å². The first-order valence-corrected chi connectivity index (χ1v) is 6.68. The Hall–Kier alpha value is -1.94. The molecular formula is C15H18N4. The first-order chi connectivity index (χ1) is 9.36. The zero-order chi connectivity index (χ0) is 13.1. The first kappa shape index (κ1) is 12.1. The summed E-state index contributed by atoms with van der Waals surface area (Å²) in [6.07, 6.45) is 1.77. The van der Waals surface area contributed by atoms with E-state index in [-0.39, 0.29) is 0 Å². The van der Waals surface area contributed by atoms with Gasteiger partial charge < -0.3 is 10.6 Å². The van der Waals surface area contributed by atoms with Crippen LogP contribution in [0.4, 0.5) is 5.82 Å². The molecule has 1 aliphatic rings. The number of aromatic nitrogens is 2. The number of hydrogen-bond donors (Lipinski definition) is 2. The van der Waals surface area contributed by atoms with Crippen molar-refractivity contribution in [3.63, 3.8) is 0 Å². The molecule has 2 aromatic rings. The van der Waals surface area contributed by atoms with Gasteiger partial charge in [0, 0.05) is 38.5 Å². The number of hydrogen-bond acceptors (Lipinski definition) is 4. The van der Waals surface area contributed by atoms with Crippen LogP contribution < -0.4 is 10.6 Å². The van der Waals surface area contributed by atoms with Crippen LogP contribution in [0, 0.1) is 0 Å². The van der Waals surface area contributed by atoms with Crippen LogP contribution in [-0.4, -0.2) is 23.6 Å². The van der Waals surface area contributed by atoms with Crippen molar-refractivity contribution in [1.29, 1.82) is 0 Å². The number of benzene rings is 1. The number of anilines is 1. The maximum absolute atomic E-state index is 4.73. The molecule has 3 rings (SSSR count). The van der Waals surface area contributed by atoms with E-state index in [1.807, 2.05) is 13.1 Å². The van der Waals surface area contributed by atoms with Crippen molar-refractivity contribution in [3.05, 3.63) is 53.0 Å². The third-order valence-electron chi connectivity index (χ3n) is 3.42. The zero-order valence-electron chi connectivity index (χ0n) is 11.1. The standard InChI is InChI=1S/C15H18N4/c1-16-15-12-10-17-8-7-13(12)18-14(19-15)9-11-5-3-2-4-6-11/h2-6,17H,7-10H2,1H3,(H,16,18,19). The molecule has 0 unspecified atom stereocenters. The lowest BCUT2D eigenvalue weighted by Crippen LogP contribution is -2.26. The van der Waals surface area contributed by atoms with Gasteiger partial charge in [0.05, 0.1) is 5.69 Å². The maximum Gasteiger partial charge on any atom is 0.135 e. The molecule has 1 aliphatic heterocycles. The lowest BCUT2D eigenvalue weighted by molar-refractivity contribution is 0.623. The summed E-state index contributed by atoms with van der Waals surface area (Å²) in [7, 11) is 1.92. The summed E-state index contributed by atoms with van der Waals surface area (Å²) in [5.41, 5.74) is 3.65. The van der Waals surface area contributed by atoms with Gasteiger partial charge in [-0.15, -0.1) is 0 Å². The Morgan fingerprint density at radius 3 is 2.84 bits per heavy atom. The molecule has 0 bridgehead atoms. The van der Waals surface area contributed by atoms with Gasteiger partial charge in [0.15, 0.2) is 0 Å². The average molecular weight is 254 g/mol. The van der Waals surface area contributed by atoms with Crippen LogP contribution in [0.2, 0.25) is 0 Å². The van der Waals surface area contributed by atoms with Crippen molar-refractivity contribution >= 4 is 5.82 Å². The summed E-state index contributed by atoms with van der Waals surface area (Å²) in [6, 6.07) is 10.4. The number of nitrogens with zero attached hydrogens (tertiary/aromatic N) is 2. The van der Waals surface area contributed by atoms with Gasteiger partial charge in [-0.3, -0.25) is 0 Å². The molecule has 1 aromatic heterocycles. The molecule has 0 amide bonds. The van der Waals surface area contributed by atoms with E-state index < -0.39 is 0 Å². The van der Waals surface area contributed by atoms with Crippen LogP contribution in [0.1, 0.15) is 22.6 Å². The van der Waals surface area contributed by atoms with Crippen molar-refractivity contribution in [3.8, 4) is 0 Å². The molecule has 0 fully saturated rings. The number of nitrogens with one attached hydrogen (secondary N) is 2. The van der Waals surface area contributed by atoms with E-state index in [2.05, 4.69) is 39.9 Å². The van der Waals surface area contributed by atoms with Gasteiger partial charge in [-0.1, -0.05) is 30.3 Å². The largest absolute Gasteiger partial charge is 0.373 e. The van der Waals surface area contributed by atoms with Crippen LogP contribution in [0.15, 0.2) is 30.3 Å². The molecule has 2 heterocycles. The number of fused-ring (bicyclic) bond motifs is 1. The highest BCUT2D eigenvalue weighted by Crippen LogP contribution is 2.20. The van der Waals surface area contributed by atoms with E-state index in [0.29, 0.717) is 0 Å². The second kappa shape index (κ2) is 5.36. The molecule has 0 aliphatic carbocycles. The molecule has 0 spiro atoms. The second-order valence-corrected chi connectivity index (χ2v) is 4.75. The Morgan fingerprint density at radius 2 is 2.05 bits per heavy atom. The fraction of sp³-hybridized carbons (Fsp3) is 0.333. The van der Waals surface area contributed by atoms with Crippen LogP contribution in [0.3, 0.4) is 0 Å². The highest BCUT2D eigenvalue weighted by Gasteiger charge is 2.16. The van der Waals surface area contributed by atoms with Gasteiger partial charge in [-0.2, -0.15) is 0 Å². The topological polar surface area (TPSA) is 49.8 Å². The molecule has 4 heteroatoms. The Labute approximate surface area is 113 Å². The van der Waals surface area contributed by atoms with Gasteiger partial charge in [-0.05, 0) is 5.56 Å². The first-order valence-electron chi connectivity index (χ1n) is 6.68. The van der Waals surface area contributed by atoms with Crippen molar-refractivity contribution in [2.24, 2.45) is 0 Å². The Balaban J connectivity index is 1.94. The number of rotatable bonds is 3. The molecule has 4 nitrogen and oxygen atoms in total. The predicted molar refractivity (Wildman–Crippen MR) is 76.2 cm³/mol. The smallest absolute Gasteiger partial charge is 0.135 e. The summed E-state index contributed by atoms with van der Waals surface area (Å²) in [4.78, 5) is 9.36. The van der Waals surface area contributed by atoms with Crippen molar-refractivity contribution < 1.29 is 0 Å². The van der Waals surface area contributed by atoms with Crippen LogP contribution >= 0.6 is 0 Å². The lowest BCUT2D eigenvalue weighted by Gasteiger charge is -2.19. The van der Waals surface area contributed by atoms with Crippen molar-refractivity contribution in [1.82, 2.24) is 15.3 Å². The van der Waals surface area contributed by atoms with Gasteiger partial charge in [0.1, 0.15) is 11.6 Å². The van der Waals surface area contributed by atoms with E-state index in [1.165, 1.54) is 16.8 Å². The third kappa shape index (κ3) is 2.58.